The molecule has 0 fully saturated rings. The molecule has 0 amide bonds. The monoisotopic (exact) mass is 717 g/mol. The van der Waals surface area contributed by atoms with Gasteiger partial charge < -0.3 is 4.57 Å². The summed E-state index contributed by atoms with van der Waals surface area (Å²) in [5.41, 5.74) is 13.6. The molecule has 3 heterocycles. The van der Waals surface area contributed by atoms with Gasteiger partial charge in [-0.25, -0.2) is 19.9 Å². The minimum absolute atomic E-state index is 0.626. The number of nitrogens with zero attached hydrogens (tertiary/aromatic N) is 5. The third-order valence-electron chi connectivity index (χ3n) is 10.3. The van der Waals surface area contributed by atoms with Crippen molar-refractivity contribution >= 4 is 21.8 Å². The fourth-order valence-corrected chi connectivity index (χ4v) is 7.56. The molecule has 7 aromatic carbocycles. The Morgan fingerprint density at radius 1 is 0.339 bits per heavy atom. The highest BCUT2D eigenvalue weighted by Gasteiger charge is 2.21. The summed E-state index contributed by atoms with van der Waals surface area (Å²) in [6.45, 7) is 2.15. The van der Waals surface area contributed by atoms with Gasteiger partial charge in [-0.1, -0.05) is 158 Å². The number of hydrogen-bond donors (Lipinski definition) is 0. The molecule has 56 heavy (non-hydrogen) atoms. The smallest absolute Gasteiger partial charge is 0.162 e. The second kappa shape index (κ2) is 14.0. The zero-order valence-electron chi connectivity index (χ0n) is 30.7. The van der Waals surface area contributed by atoms with Crippen LogP contribution < -0.4 is 0 Å². The predicted molar refractivity (Wildman–Crippen MR) is 229 cm³/mol. The maximum absolute atomic E-state index is 5.36. The highest BCUT2D eigenvalue weighted by atomic mass is 15.0. The van der Waals surface area contributed by atoms with Crippen LogP contribution in [0, 0.1) is 6.92 Å². The molecule has 0 spiro atoms. The third kappa shape index (κ3) is 6.11. The fraction of sp³-hybridized carbons (Fsp3) is 0.0196. The summed E-state index contributed by atoms with van der Waals surface area (Å²) in [6.07, 6.45) is 0. The van der Waals surface area contributed by atoms with Gasteiger partial charge in [0.1, 0.15) is 0 Å². The first kappa shape index (κ1) is 33.1. The van der Waals surface area contributed by atoms with Crippen molar-refractivity contribution < 1.29 is 0 Å². The zero-order chi connectivity index (χ0) is 37.4. The molecule has 10 rings (SSSR count). The molecule has 0 aliphatic rings. The maximum atomic E-state index is 5.36. The van der Waals surface area contributed by atoms with Crippen LogP contribution in [-0.2, 0) is 0 Å². The summed E-state index contributed by atoms with van der Waals surface area (Å²) in [5.74, 6) is 1.29. The van der Waals surface area contributed by atoms with Crippen LogP contribution in [0.3, 0.4) is 0 Å². The van der Waals surface area contributed by atoms with E-state index in [1.165, 1.54) is 16.3 Å². The Labute approximate surface area is 325 Å². The molecule has 264 valence electrons. The molecule has 0 N–H and O–H groups in total. The van der Waals surface area contributed by atoms with Crippen LogP contribution in [0.25, 0.3) is 95.3 Å². The standard InChI is InChI=1S/C51H35N5/c1-34-26-28-41-40-24-14-15-25-47(40)56(49(41)30-34)48-29-27-39(46-33-43(35-16-6-2-7-17-35)52-50(53-46)38-22-12-5-13-23-38)31-42(48)51-54-44(36-18-8-3-9-19-36)32-45(55-51)37-20-10-4-11-21-37/h2-33H,1H3. The lowest BCUT2D eigenvalue weighted by molar-refractivity contribution is 1.13. The van der Waals surface area contributed by atoms with E-state index in [1.807, 2.05) is 48.5 Å². The second-order valence-electron chi connectivity index (χ2n) is 14.0. The van der Waals surface area contributed by atoms with E-state index < -0.39 is 0 Å². The van der Waals surface area contributed by atoms with Gasteiger partial charge in [0.15, 0.2) is 11.6 Å². The molecule has 3 aromatic heterocycles. The van der Waals surface area contributed by atoms with Crippen molar-refractivity contribution in [3.63, 3.8) is 0 Å². The van der Waals surface area contributed by atoms with Gasteiger partial charge in [0, 0.05) is 44.2 Å². The Morgan fingerprint density at radius 3 is 1.38 bits per heavy atom. The largest absolute Gasteiger partial charge is 0.308 e. The summed E-state index contributed by atoms with van der Waals surface area (Å²) in [4.78, 5) is 21.0. The van der Waals surface area contributed by atoms with Crippen molar-refractivity contribution in [2.45, 2.75) is 6.92 Å². The van der Waals surface area contributed by atoms with E-state index in [0.29, 0.717) is 11.6 Å². The first-order chi connectivity index (χ1) is 27.7. The molecule has 5 heteroatoms. The molecule has 0 saturated carbocycles. The van der Waals surface area contributed by atoms with Crippen LogP contribution in [0.15, 0.2) is 194 Å². The third-order valence-corrected chi connectivity index (χ3v) is 10.3. The van der Waals surface area contributed by atoms with Gasteiger partial charge in [0.2, 0.25) is 0 Å². The number of rotatable bonds is 7. The molecule has 0 aliphatic carbocycles. The van der Waals surface area contributed by atoms with Crippen molar-refractivity contribution in [1.29, 1.82) is 0 Å². The number of aromatic nitrogens is 5. The Kier molecular flexibility index (Phi) is 8.30. The highest BCUT2D eigenvalue weighted by molar-refractivity contribution is 6.10. The molecule has 0 unspecified atom stereocenters. The van der Waals surface area contributed by atoms with Crippen molar-refractivity contribution in [3.8, 4) is 73.5 Å². The molecule has 0 saturated heterocycles. The number of para-hydroxylation sites is 1. The van der Waals surface area contributed by atoms with Gasteiger partial charge in [-0.2, -0.15) is 0 Å². The average Bonchev–Trinajstić information content (AvgIpc) is 3.60. The number of fused-ring (bicyclic) bond motifs is 3. The van der Waals surface area contributed by atoms with Crippen molar-refractivity contribution in [1.82, 2.24) is 24.5 Å². The Hall–Kier alpha value is -7.50. The summed E-state index contributed by atoms with van der Waals surface area (Å²) in [6, 6.07) is 67.2. The van der Waals surface area contributed by atoms with E-state index in [-0.39, 0.29) is 0 Å². The van der Waals surface area contributed by atoms with E-state index in [9.17, 15) is 0 Å². The molecule has 0 radical (unpaired) electrons. The lowest BCUT2D eigenvalue weighted by Gasteiger charge is -2.17. The number of hydrogen-bond acceptors (Lipinski definition) is 4. The van der Waals surface area contributed by atoms with E-state index >= 15 is 0 Å². The van der Waals surface area contributed by atoms with Gasteiger partial charge in [-0.3, -0.25) is 0 Å². The summed E-state index contributed by atoms with van der Waals surface area (Å²) in [5, 5.41) is 2.39. The second-order valence-corrected chi connectivity index (χ2v) is 14.0. The molecule has 5 nitrogen and oxygen atoms in total. The lowest BCUT2D eigenvalue weighted by Crippen LogP contribution is -2.03. The van der Waals surface area contributed by atoms with Gasteiger partial charge >= 0.3 is 0 Å². The fourth-order valence-electron chi connectivity index (χ4n) is 7.56. The topological polar surface area (TPSA) is 56.5 Å². The van der Waals surface area contributed by atoms with Crippen LogP contribution in [-0.4, -0.2) is 24.5 Å². The molecule has 0 bridgehead atoms. The SMILES string of the molecule is Cc1ccc2c3ccccc3n(-c3ccc(-c4cc(-c5ccccc5)nc(-c5ccccc5)n4)cc3-c3nc(-c4ccccc4)cc(-c4ccccc4)n3)c2c1. The van der Waals surface area contributed by atoms with E-state index in [0.717, 1.165) is 72.9 Å². The Balaban J connectivity index is 1.28. The summed E-state index contributed by atoms with van der Waals surface area (Å²) < 4.78 is 2.36. The van der Waals surface area contributed by atoms with Gasteiger partial charge in [-0.15, -0.1) is 0 Å². The van der Waals surface area contributed by atoms with Gasteiger partial charge in [0.25, 0.3) is 0 Å². The average molecular weight is 718 g/mol. The van der Waals surface area contributed by atoms with Crippen molar-refractivity contribution in [3.05, 3.63) is 200 Å². The van der Waals surface area contributed by atoms with Crippen LogP contribution in [0.1, 0.15) is 5.56 Å². The van der Waals surface area contributed by atoms with Gasteiger partial charge in [0.05, 0.1) is 39.5 Å². The van der Waals surface area contributed by atoms with Crippen molar-refractivity contribution in [2.24, 2.45) is 0 Å². The van der Waals surface area contributed by atoms with Crippen LogP contribution in [0.4, 0.5) is 0 Å². The molecular formula is C51H35N5. The predicted octanol–water partition coefficient (Wildman–Crippen LogP) is 12.7. The van der Waals surface area contributed by atoms with Crippen LogP contribution in [0.2, 0.25) is 0 Å². The summed E-state index contributed by atoms with van der Waals surface area (Å²) in [7, 11) is 0. The Morgan fingerprint density at radius 2 is 0.804 bits per heavy atom. The minimum Gasteiger partial charge on any atom is -0.308 e. The highest BCUT2D eigenvalue weighted by Crippen LogP contribution is 2.39. The van der Waals surface area contributed by atoms with Crippen LogP contribution in [0.5, 0.6) is 0 Å². The van der Waals surface area contributed by atoms with Crippen LogP contribution >= 0.6 is 0 Å². The van der Waals surface area contributed by atoms with Gasteiger partial charge in [-0.05, 0) is 48.9 Å². The lowest BCUT2D eigenvalue weighted by atomic mass is 10.0. The molecular weight excluding hydrogens is 683 g/mol. The number of benzene rings is 7. The normalized spacial score (nSPS) is 11.3. The summed E-state index contributed by atoms with van der Waals surface area (Å²) >= 11 is 0. The first-order valence-corrected chi connectivity index (χ1v) is 18.8. The van der Waals surface area contributed by atoms with E-state index in [1.54, 1.807) is 0 Å². The minimum atomic E-state index is 0.626. The number of aryl methyl sites for hydroxylation is 1. The van der Waals surface area contributed by atoms with E-state index in [2.05, 4.69) is 157 Å². The maximum Gasteiger partial charge on any atom is 0.162 e. The molecule has 0 aliphatic heterocycles. The quantitative estimate of drug-likeness (QED) is 0.165. The molecule has 10 aromatic rings. The zero-order valence-corrected chi connectivity index (χ0v) is 30.7. The van der Waals surface area contributed by atoms with E-state index in [4.69, 9.17) is 19.9 Å². The molecule has 0 atom stereocenters. The Bertz CT molecular complexity index is 2900. The first-order valence-electron chi connectivity index (χ1n) is 18.8. The van der Waals surface area contributed by atoms with Crippen molar-refractivity contribution in [2.75, 3.05) is 0 Å².